The van der Waals surface area contributed by atoms with Crippen LogP contribution in [0.4, 0.5) is 0 Å². The zero-order valence-electron chi connectivity index (χ0n) is 10.4. The van der Waals surface area contributed by atoms with Crippen LogP contribution in [0.25, 0.3) is 0 Å². The van der Waals surface area contributed by atoms with Crippen molar-refractivity contribution in [2.24, 2.45) is 0 Å². The van der Waals surface area contributed by atoms with Gasteiger partial charge in [-0.15, -0.1) is 0 Å². The number of aliphatic hydroxyl groups excluding tert-OH is 1. The molecule has 0 aromatic heterocycles. The van der Waals surface area contributed by atoms with Gasteiger partial charge in [0.2, 0.25) is 0 Å². The summed E-state index contributed by atoms with van der Waals surface area (Å²) in [5.41, 5.74) is 0.439. The summed E-state index contributed by atoms with van der Waals surface area (Å²) in [6.45, 7) is 5.28. The van der Waals surface area contributed by atoms with E-state index in [1.807, 2.05) is 30.3 Å². The van der Waals surface area contributed by atoms with E-state index in [1.165, 1.54) is 6.08 Å². The van der Waals surface area contributed by atoms with Crippen molar-refractivity contribution in [1.29, 1.82) is 0 Å². The minimum absolute atomic E-state index is 0.344. The van der Waals surface area contributed by atoms with Crippen LogP contribution in [0.5, 0.6) is 0 Å². The number of benzene rings is 1. The standard InChI is InChI=1S/C14H18O3/c1-14(2,3)17-13(16)12(15)10-9-11-7-5-4-6-8-11/h4-8,10,15H,9H2,1-3H3. The van der Waals surface area contributed by atoms with Gasteiger partial charge in [-0.05, 0) is 38.8 Å². The molecule has 0 radical (unpaired) electrons. The van der Waals surface area contributed by atoms with Gasteiger partial charge in [0.05, 0.1) is 0 Å². The molecular formula is C14H18O3. The maximum absolute atomic E-state index is 11.4. The van der Waals surface area contributed by atoms with Gasteiger partial charge in [-0.2, -0.15) is 0 Å². The Labute approximate surface area is 102 Å². The van der Waals surface area contributed by atoms with Gasteiger partial charge in [-0.3, -0.25) is 0 Å². The van der Waals surface area contributed by atoms with Crippen LogP contribution in [-0.2, 0) is 16.0 Å². The smallest absolute Gasteiger partial charge is 0.373 e. The quantitative estimate of drug-likeness (QED) is 0.497. The van der Waals surface area contributed by atoms with Crippen molar-refractivity contribution in [3.8, 4) is 0 Å². The molecule has 0 bridgehead atoms. The fraction of sp³-hybridized carbons (Fsp3) is 0.357. The summed E-state index contributed by atoms with van der Waals surface area (Å²) >= 11 is 0. The minimum Gasteiger partial charge on any atom is -0.502 e. The van der Waals surface area contributed by atoms with E-state index < -0.39 is 11.6 Å². The van der Waals surface area contributed by atoms with Gasteiger partial charge >= 0.3 is 5.97 Å². The molecule has 1 N–H and O–H groups in total. The molecule has 0 aliphatic heterocycles. The van der Waals surface area contributed by atoms with E-state index in [2.05, 4.69) is 0 Å². The maximum Gasteiger partial charge on any atom is 0.373 e. The molecule has 1 aromatic carbocycles. The summed E-state index contributed by atoms with van der Waals surface area (Å²) in [5.74, 6) is -1.03. The van der Waals surface area contributed by atoms with Crippen molar-refractivity contribution < 1.29 is 14.6 Å². The second-order valence-electron chi connectivity index (χ2n) is 4.78. The molecule has 0 aliphatic carbocycles. The molecule has 3 heteroatoms. The fourth-order valence-corrected chi connectivity index (χ4v) is 1.24. The van der Waals surface area contributed by atoms with Gasteiger partial charge in [0.15, 0.2) is 5.76 Å². The van der Waals surface area contributed by atoms with Crippen molar-refractivity contribution in [3.05, 3.63) is 47.7 Å². The lowest BCUT2D eigenvalue weighted by molar-refractivity contribution is -0.153. The highest BCUT2D eigenvalue weighted by molar-refractivity contribution is 5.86. The van der Waals surface area contributed by atoms with Crippen molar-refractivity contribution >= 4 is 5.97 Å². The molecule has 17 heavy (non-hydrogen) atoms. The Morgan fingerprint density at radius 1 is 1.29 bits per heavy atom. The van der Waals surface area contributed by atoms with Crippen LogP contribution in [0.1, 0.15) is 26.3 Å². The van der Waals surface area contributed by atoms with Gasteiger partial charge < -0.3 is 9.84 Å². The topological polar surface area (TPSA) is 46.5 Å². The van der Waals surface area contributed by atoms with Crippen LogP contribution in [0.3, 0.4) is 0 Å². The first-order valence-electron chi connectivity index (χ1n) is 5.55. The summed E-state index contributed by atoms with van der Waals surface area (Å²) in [5, 5.41) is 9.53. The highest BCUT2D eigenvalue weighted by Crippen LogP contribution is 2.10. The Bertz CT molecular complexity index is 399. The molecule has 0 heterocycles. The molecule has 0 saturated carbocycles. The predicted octanol–water partition coefficient (Wildman–Crippen LogP) is 3.01. The Kier molecular flexibility index (Phi) is 4.32. The van der Waals surface area contributed by atoms with Gasteiger partial charge in [0.1, 0.15) is 5.60 Å². The van der Waals surface area contributed by atoms with Crippen LogP contribution in [-0.4, -0.2) is 16.7 Å². The Morgan fingerprint density at radius 2 is 1.88 bits per heavy atom. The Hall–Kier alpha value is -1.77. The molecule has 1 rings (SSSR count). The van der Waals surface area contributed by atoms with Gasteiger partial charge in [-0.25, -0.2) is 4.79 Å². The first-order valence-corrected chi connectivity index (χ1v) is 5.55. The normalized spacial score (nSPS) is 12.3. The van der Waals surface area contributed by atoms with Crippen molar-refractivity contribution in [2.45, 2.75) is 32.8 Å². The number of esters is 1. The third kappa shape index (κ3) is 5.20. The highest BCUT2D eigenvalue weighted by Gasteiger charge is 2.18. The number of aliphatic hydroxyl groups is 1. The van der Waals surface area contributed by atoms with Gasteiger partial charge in [0.25, 0.3) is 0 Å². The number of ether oxygens (including phenoxy) is 1. The van der Waals surface area contributed by atoms with E-state index in [9.17, 15) is 9.90 Å². The molecule has 0 amide bonds. The third-order valence-electron chi connectivity index (χ3n) is 1.98. The lowest BCUT2D eigenvalue weighted by Gasteiger charge is -2.18. The molecule has 0 atom stereocenters. The molecule has 0 unspecified atom stereocenters. The number of hydrogen-bond acceptors (Lipinski definition) is 3. The van der Waals surface area contributed by atoms with Gasteiger partial charge in [-0.1, -0.05) is 30.3 Å². The highest BCUT2D eigenvalue weighted by atomic mass is 16.6. The Morgan fingerprint density at radius 3 is 2.41 bits per heavy atom. The van der Waals surface area contributed by atoms with Gasteiger partial charge in [0, 0.05) is 0 Å². The summed E-state index contributed by atoms with van der Waals surface area (Å²) in [6.07, 6.45) is 1.97. The van der Waals surface area contributed by atoms with Crippen molar-refractivity contribution in [1.82, 2.24) is 0 Å². The van der Waals surface area contributed by atoms with Crippen LogP contribution in [0, 0.1) is 0 Å². The monoisotopic (exact) mass is 234 g/mol. The average Bonchev–Trinajstić information content (AvgIpc) is 2.25. The molecule has 0 saturated heterocycles. The van der Waals surface area contributed by atoms with Crippen molar-refractivity contribution in [2.75, 3.05) is 0 Å². The van der Waals surface area contributed by atoms with E-state index >= 15 is 0 Å². The summed E-state index contributed by atoms with van der Waals surface area (Å²) < 4.78 is 5.03. The second-order valence-corrected chi connectivity index (χ2v) is 4.78. The second kappa shape index (κ2) is 5.53. The molecule has 0 fully saturated rings. The summed E-state index contributed by atoms with van der Waals surface area (Å²) in [7, 11) is 0. The largest absolute Gasteiger partial charge is 0.502 e. The zero-order chi connectivity index (χ0) is 12.9. The average molecular weight is 234 g/mol. The summed E-state index contributed by atoms with van der Waals surface area (Å²) in [6, 6.07) is 9.60. The first kappa shape index (κ1) is 13.3. The molecule has 0 aliphatic rings. The molecular weight excluding hydrogens is 216 g/mol. The number of carbonyl (C=O) groups is 1. The fourth-order valence-electron chi connectivity index (χ4n) is 1.24. The van der Waals surface area contributed by atoms with E-state index in [1.54, 1.807) is 20.8 Å². The SMILES string of the molecule is CC(C)(C)OC(=O)C(O)=CCc1ccccc1. The van der Waals surface area contributed by atoms with Crippen molar-refractivity contribution in [3.63, 3.8) is 0 Å². The van der Waals surface area contributed by atoms with Crippen LogP contribution >= 0.6 is 0 Å². The van der Waals surface area contributed by atoms with Crippen LogP contribution < -0.4 is 0 Å². The lowest BCUT2D eigenvalue weighted by atomic mass is 10.1. The van der Waals surface area contributed by atoms with E-state index in [4.69, 9.17) is 4.74 Å². The zero-order valence-corrected chi connectivity index (χ0v) is 10.4. The maximum atomic E-state index is 11.4. The minimum atomic E-state index is -0.687. The number of allylic oxidation sites excluding steroid dienone is 1. The third-order valence-corrected chi connectivity index (χ3v) is 1.98. The molecule has 3 nitrogen and oxygen atoms in total. The molecule has 0 spiro atoms. The Balaban J connectivity index is 2.58. The van der Waals surface area contributed by atoms with Crippen LogP contribution in [0.15, 0.2) is 42.2 Å². The molecule has 1 aromatic rings. The predicted molar refractivity (Wildman–Crippen MR) is 66.7 cm³/mol. The first-order chi connectivity index (χ1) is 7.88. The van der Waals surface area contributed by atoms with E-state index in [-0.39, 0.29) is 5.76 Å². The van der Waals surface area contributed by atoms with E-state index in [0.29, 0.717) is 6.42 Å². The summed E-state index contributed by atoms with van der Waals surface area (Å²) in [4.78, 5) is 11.4. The number of rotatable bonds is 3. The number of carbonyl (C=O) groups excluding carboxylic acids is 1. The van der Waals surface area contributed by atoms with E-state index in [0.717, 1.165) is 5.56 Å². The lowest BCUT2D eigenvalue weighted by Crippen LogP contribution is -2.24. The number of hydrogen-bond donors (Lipinski definition) is 1. The van der Waals surface area contributed by atoms with Crippen LogP contribution in [0.2, 0.25) is 0 Å². The molecule has 92 valence electrons.